The van der Waals surface area contributed by atoms with Gasteiger partial charge >= 0.3 is 0 Å². The Morgan fingerprint density at radius 3 is 1.96 bits per heavy atom. The van der Waals surface area contributed by atoms with Crippen molar-refractivity contribution in [1.29, 1.82) is 0 Å². The van der Waals surface area contributed by atoms with E-state index in [4.69, 9.17) is 28.4 Å². The molecule has 5 rings (SSSR count). The Morgan fingerprint density at radius 2 is 1.33 bits per heavy atom. The van der Waals surface area contributed by atoms with Crippen LogP contribution in [0.1, 0.15) is 18.4 Å². The van der Waals surface area contributed by atoms with E-state index in [2.05, 4.69) is 12.1 Å². The van der Waals surface area contributed by atoms with E-state index < -0.39 is 0 Å². The molecule has 4 aliphatic rings. The maximum atomic E-state index is 6.06. The molecule has 1 aliphatic carbocycles. The Bertz CT molecular complexity index is 726. The first-order valence-corrected chi connectivity index (χ1v) is 9.61. The topological polar surface area (TPSA) is 65.3 Å². The van der Waals surface area contributed by atoms with Crippen molar-refractivity contribution in [2.24, 2.45) is 0 Å². The van der Waals surface area contributed by atoms with Crippen molar-refractivity contribution in [3.05, 3.63) is 47.4 Å². The van der Waals surface area contributed by atoms with Gasteiger partial charge < -0.3 is 28.4 Å². The lowest BCUT2D eigenvalue weighted by atomic mass is 9.95. The molecule has 0 spiro atoms. The van der Waals surface area contributed by atoms with Crippen molar-refractivity contribution in [1.82, 2.24) is 0 Å². The standard InChI is InChI=1S/C21H24O6/c1-3-15(22-8-17-10-24-17)4-2-14(1)20-6-5-16(23-9-18-11-25-18)7-21(20)27-13-19-12-26-19/h1-4,7,17-19H,5-6,8-13H2. The summed E-state index contributed by atoms with van der Waals surface area (Å²) in [6, 6.07) is 8.19. The molecule has 0 N–H and O–H groups in total. The molecule has 0 radical (unpaired) electrons. The number of ether oxygens (including phenoxy) is 6. The van der Waals surface area contributed by atoms with Crippen molar-refractivity contribution in [2.45, 2.75) is 31.2 Å². The van der Waals surface area contributed by atoms with Crippen molar-refractivity contribution < 1.29 is 28.4 Å². The Labute approximate surface area is 158 Å². The molecule has 3 fully saturated rings. The predicted octanol–water partition coefficient (Wildman–Crippen LogP) is 2.68. The van der Waals surface area contributed by atoms with Gasteiger partial charge in [-0.25, -0.2) is 0 Å². The van der Waals surface area contributed by atoms with Crippen LogP contribution in [-0.2, 0) is 23.7 Å². The summed E-state index contributed by atoms with van der Waals surface area (Å²) in [4.78, 5) is 0. The molecule has 1 aromatic carbocycles. The van der Waals surface area contributed by atoms with E-state index in [0.29, 0.717) is 19.8 Å². The van der Waals surface area contributed by atoms with E-state index in [1.807, 2.05) is 18.2 Å². The number of epoxide rings is 3. The molecule has 0 aromatic heterocycles. The molecule has 3 aliphatic heterocycles. The summed E-state index contributed by atoms with van der Waals surface area (Å²) in [6.07, 6.45) is 4.52. The van der Waals surface area contributed by atoms with Gasteiger partial charge in [0.05, 0.1) is 19.8 Å². The first-order chi connectivity index (χ1) is 13.3. The maximum Gasteiger partial charge on any atom is 0.126 e. The fraction of sp³-hybridized carbons (Fsp3) is 0.524. The molecule has 3 atom stereocenters. The highest BCUT2D eigenvalue weighted by atomic mass is 16.6. The van der Waals surface area contributed by atoms with Gasteiger partial charge in [0.1, 0.15) is 55.4 Å². The van der Waals surface area contributed by atoms with Crippen LogP contribution in [0.5, 0.6) is 5.75 Å². The summed E-state index contributed by atoms with van der Waals surface area (Å²) < 4.78 is 33.4. The number of rotatable bonds is 10. The molecule has 27 heavy (non-hydrogen) atoms. The third-order valence-electron chi connectivity index (χ3n) is 4.94. The summed E-state index contributed by atoms with van der Waals surface area (Å²) >= 11 is 0. The van der Waals surface area contributed by atoms with Crippen molar-refractivity contribution in [3.63, 3.8) is 0 Å². The van der Waals surface area contributed by atoms with Gasteiger partial charge in [0.25, 0.3) is 0 Å². The first-order valence-electron chi connectivity index (χ1n) is 9.61. The quantitative estimate of drug-likeness (QED) is 0.589. The summed E-state index contributed by atoms with van der Waals surface area (Å²) in [5, 5.41) is 0. The molecule has 3 heterocycles. The fourth-order valence-electron chi connectivity index (χ4n) is 3.02. The molecule has 1 aromatic rings. The summed E-state index contributed by atoms with van der Waals surface area (Å²) in [5.41, 5.74) is 2.35. The highest BCUT2D eigenvalue weighted by molar-refractivity contribution is 5.71. The molecule has 0 bridgehead atoms. The third-order valence-corrected chi connectivity index (χ3v) is 4.94. The number of hydrogen-bond donors (Lipinski definition) is 0. The summed E-state index contributed by atoms with van der Waals surface area (Å²) in [7, 11) is 0. The van der Waals surface area contributed by atoms with E-state index in [1.54, 1.807) is 0 Å². The SMILES string of the molecule is C1=C(OCC2CO2)CCC(c2ccc(OCC3CO3)cc2)=C1OCC1CO1. The monoisotopic (exact) mass is 372 g/mol. The molecule has 3 saturated heterocycles. The second kappa shape index (κ2) is 7.54. The fourth-order valence-corrected chi connectivity index (χ4v) is 3.02. The summed E-state index contributed by atoms with van der Waals surface area (Å²) in [6.45, 7) is 4.21. The minimum atomic E-state index is 0.221. The summed E-state index contributed by atoms with van der Waals surface area (Å²) in [5.74, 6) is 2.71. The van der Waals surface area contributed by atoms with Gasteiger partial charge in [0.15, 0.2) is 0 Å². The Balaban J connectivity index is 1.30. The van der Waals surface area contributed by atoms with Crippen LogP contribution in [0.3, 0.4) is 0 Å². The zero-order valence-corrected chi connectivity index (χ0v) is 15.2. The highest BCUT2D eigenvalue weighted by Gasteiger charge is 2.27. The zero-order valence-electron chi connectivity index (χ0n) is 15.2. The number of hydrogen-bond acceptors (Lipinski definition) is 6. The lowest BCUT2D eigenvalue weighted by Gasteiger charge is -2.21. The maximum absolute atomic E-state index is 6.06. The van der Waals surface area contributed by atoms with Crippen LogP contribution in [0.4, 0.5) is 0 Å². The molecule has 6 nitrogen and oxygen atoms in total. The minimum Gasteiger partial charge on any atom is -0.495 e. The van der Waals surface area contributed by atoms with Crippen molar-refractivity contribution >= 4 is 5.57 Å². The largest absolute Gasteiger partial charge is 0.495 e. The van der Waals surface area contributed by atoms with Crippen LogP contribution < -0.4 is 4.74 Å². The number of benzene rings is 1. The molecular weight excluding hydrogens is 348 g/mol. The van der Waals surface area contributed by atoms with Gasteiger partial charge in [-0.1, -0.05) is 12.1 Å². The van der Waals surface area contributed by atoms with Crippen LogP contribution in [0.25, 0.3) is 5.57 Å². The normalized spacial score (nSPS) is 28.4. The molecule has 6 heteroatoms. The Kier molecular flexibility index (Phi) is 4.78. The van der Waals surface area contributed by atoms with Gasteiger partial charge in [-0.2, -0.15) is 0 Å². The second-order valence-electron chi connectivity index (χ2n) is 7.28. The zero-order chi connectivity index (χ0) is 18.1. The van der Waals surface area contributed by atoms with Gasteiger partial charge in [-0.15, -0.1) is 0 Å². The average molecular weight is 372 g/mol. The van der Waals surface area contributed by atoms with Crippen LogP contribution in [-0.4, -0.2) is 58.0 Å². The smallest absolute Gasteiger partial charge is 0.126 e. The van der Waals surface area contributed by atoms with Crippen LogP contribution in [0.15, 0.2) is 41.9 Å². The van der Waals surface area contributed by atoms with Gasteiger partial charge in [0, 0.05) is 18.1 Å². The minimum absolute atomic E-state index is 0.221. The lowest BCUT2D eigenvalue weighted by molar-refractivity contribution is 0.163. The lowest BCUT2D eigenvalue weighted by Crippen LogP contribution is -2.10. The Morgan fingerprint density at radius 1 is 0.741 bits per heavy atom. The van der Waals surface area contributed by atoms with Crippen molar-refractivity contribution in [3.8, 4) is 5.75 Å². The van der Waals surface area contributed by atoms with Crippen LogP contribution in [0, 0.1) is 0 Å². The van der Waals surface area contributed by atoms with Crippen LogP contribution >= 0.6 is 0 Å². The molecule has 144 valence electrons. The van der Waals surface area contributed by atoms with Gasteiger partial charge in [-0.05, 0) is 24.1 Å². The van der Waals surface area contributed by atoms with E-state index in [0.717, 1.165) is 55.5 Å². The van der Waals surface area contributed by atoms with Crippen LogP contribution in [0.2, 0.25) is 0 Å². The third kappa shape index (κ3) is 4.83. The van der Waals surface area contributed by atoms with Gasteiger partial charge in [0.2, 0.25) is 0 Å². The average Bonchev–Trinajstić information content (AvgIpc) is 3.57. The molecular formula is C21H24O6. The highest BCUT2D eigenvalue weighted by Crippen LogP contribution is 2.34. The van der Waals surface area contributed by atoms with E-state index >= 15 is 0 Å². The predicted molar refractivity (Wildman–Crippen MR) is 97.3 cm³/mol. The first kappa shape index (κ1) is 17.1. The molecule has 0 amide bonds. The van der Waals surface area contributed by atoms with Crippen molar-refractivity contribution in [2.75, 3.05) is 39.6 Å². The molecule has 0 saturated carbocycles. The number of allylic oxidation sites excluding steroid dienone is 3. The van der Waals surface area contributed by atoms with Gasteiger partial charge in [-0.3, -0.25) is 0 Å². The van der Waals surface area contributed by atoms with E-state index in [9.17, 15) is 0 Å². The Hall–Kier alpha value is -2.02. The van der Waals surface area contributed by atoms with E-state index in [1.165, 1.54) is 5.57 Å². The van der Waals surface area contributed by atoms with E-state index in [-0.39, 0.29) is 18.3 Å². The second-order valence-corrected chi connectivity index (χ2v) is 7.28. The molecule has 3 unspecified atom stereocenters.